The van der Waals surface area contributed by atoms with E-state index in [1.807, 2.05) is 22.6 Å². The van der Waals surface area contributed by atoms with Gasteiger partial charge in [-0.25, -0.2) is 4.79 Å². The first-order valence-corrected chi connectivity index (χ1v) is 4.83. The summed E-state index contributed by atoms with van der Waals surface area (Å²) in [6, 6.07) is 0. The highest BCUT2D eigenvalue weighted by Gasteiger charge is 2.09. The van der Waals surface area contributed by atoms with E-state index in [0.717, 1.165) is 0 Å². The normalized spacial score (nSPS) is 11.9. The average Bonchev–Trinajstić information content (AvgIpc) is 2.14. The molecule has 0 amide bonds. The largest absolute Gasteiger partial charge is 0.462 e. The number of ether oxygens (including phenoxy) is 3. The number of hydrogen-bond acceptors (Lipinski definition) is 4. The third kappa shape index (κ3) is 5.22. The SMILES string of the molecule is CCOC(=O)/C(I)=C\C(OC)OC. The molecular formula is C8H13IO4. The van der Waals surface area contributed by atoms with E-state index in [4.69, 9.17) is 14.2 Å². The zero-order chi connectivity index (χ0) is 10.3. The molecule has 0 saturated carbocycles. The molecule has 5 heteroatoms. The maximum Gasteiger partial charge on any atom is 0.344 e. The molecular weight excluding hydrogens is 287 g/mol. The van der Waals surface area contributed by atoms with Gasteiger partial charge in [0.15, 0.2) is 6.29 Å². The Bertz CT molecular complexity index is 187. The molecule has 0 aliphatic heterocycles. The smallest absolute Gasteiger partial charge is 0.344 e. The quantitative estimate of drug-likeness (QED) is 0.334. The van der Waals surface area contributed by atoms with Crippen LogP contribution < -0.4 is 0 Å². The predicted octanol–water partition coefficient (Wildman–Crippen LogP) is 1.49. The molecule has 0 radical (unpaired) electrons. The summed E-state index contributed by atoms with van der Waals surface area (Å²) in [5.74, 6) is -0.359. The monoisotopic (exact) mass is 300 g/mol. The van der Waals surface area contributed by atoms with Crippen molar-refractivity contribution in [2.24, 2.45) is 0 Å². The zero-order valence-corrected chi connectivity index (χ0v) is 10.0. The van der Waals surface area contributed by atoms with Crippen LogP contribution >= 0.6 is 22.6 Å². The summed E-state index contributed by atoms with van der Waals surface area (Å²) in [7, 11) is 3.00. The van der Waals surface area contributed by atoms with E-state index < -0.39 is 6.29 Å². The molecule has 0 aromatic rings. The van der Waals surface area contributed by atoms with Gasteiger partial charge in [0.25, 0.3) is 0 Å². The van der Waals surface area contributed by atoms with Crippen molar-refractivity contribution in [1.29, 1.82) is 0 Å². The van der Waals surface area contributed by atoms with E-state index in [2.05, 4.69) is 0 Å². The van der Waals surface area contributed by atoms with Crippen molar-refractivity contribution < 1.29 is 19.0 Å². The van der Waals surface area contributed by atoms with E-state index in [-0.39, 0.29) is 5.97 Å². The molecule has 0 N–H and O–H groups in total. The van der Waals surface area contributed by atoms with Crippen LogP contribution in [-0.4, -0.2) is 33.1 Å². The van der Waals surface area contributed by atoms with E-state index in [0.29, 0.717) is 10.2 Å². The molecule has 0 unspecified atom stereocenters. The van der Waals surface area contributed by atoms with Crippen LogP contribution in [0.1, 0.15) is 6.92 Å². The van der Waals surface area contributed by atoms with E-state index in [9.17, 15) is 4.79 Å². The Kier molecular flexibility index (Phi) is 7.20. The molecule has 0 rings (SSSR count). The number of rotatable bonds is 5. The van der Waals surface area contributed by atoms with Crippen molar-refractivity contribution >= 4 is 28.6 Å². The van der Waals surface area contributed by atoms with Crippen molar-refractivity contribution in [3.05, 3.63) is 9.66 Å². The summed E-state index contributed by atoms with van der Waals surface area (Å²) in [6.07, 6.45) is 1.05. The average molecular weight is 300 g/mol. The van der Waals surface area contributed by atoms with Crippen LogP contribution in [0.2, 0.25) is 0 Å². The van der Waals surface area contributed by atoms with Gasteiger partial charge in [-0.15, -0.1) is 0 Å². The van der Waals surface area contributed by atoms with Gasteiger partial charge in [-0.05, 0) is 35.6 Å². The third-order valence-electron chi connectivity index (χ3n) is 1.22. The highest BCUT2D eigenvalue weighted by molar-refractivity contribution is 14.1. The molecule has 0 fully saturated rings. The van der Waals surface area contributed by atoms with Crippen LogP contribution in [0.25, 0.3) is 0 Å². The minimum atomic E-state index is -0.503. The van der Waals surface area contributed by atoms with Crippen molar-refractivity contribution in [1.82, 2.24) is 0 Å². The molecule has 0 aliphatic carbocycles. The molecule has 0 spiro atoms. The lowest BCUT2D eigenvalue weighted by atomic mass is 10.5. The topological polar surface area (TPSA) is 44.8 Å². The van der Waals surface area contributed by atoms with Crippen LogP contribution in [0.5, 0.6) is 0 Å². The summed E-state index contributed by atoms with van der Waals surface area (Å²) in [5, 5.41) is 0. The fourth-order valence-corrected chi connectivity index (χ4v) is 1.07. The predicted molar refractivity (Wildman–Crippen MR) is 56.5 cm³/mol. The molecule has 0 aliphatic rings. The summed E-state index contributed by atoms with van der Waals surface area (Å²) in [5.41, 5.74) is 0. The Balaban J connectivity index is 4.20. The lowest BCUT2D eigenvalue weighted by Crippen LogP contribution is -2.12. The number of carbonyl (C=O) groups excluding carboxylic acids is 1. The molecule has 76 valence electrons. The lowest BCUT2D eigenvalue weighted by Gasteiger charge is -2.08. The zero-order valence-electron chi connectivity index (χ0n) is 7.87. The van der Waals surface area contributed by atoms with Gasteiger partial charge in [0.1, 0.15) is 0 Å². The Labute approximate surface area is 91.4 Å². The second-order valence-corrected chi connectivity index (χ2v) is 3.24. The van der Waals surface area contributed by atoms with Gasteiger partial charge in [0.2, 0.25) is 0 Å². The van der Waals surface area contributed by atoms with E-state index in [1.54, 1.807) is 13.0 Å². The Morgan fingerprint density at radius 1 is 1.46 bits per heavy atom. The second kappa shape index (κ2) is 7.28. The molecule has 0 aromatic carbocycles. The van der Waals surface area contributed by atoms with Crippen LogP contribution in [0.3, 0.4) is 0 Å². The van der Waals surface area contributed by atoms with Gasteiger partial charge < -0.3 is 14.2 Å². The van der Waals surface area contributed by atoms with Gasteiger partial charge in [-0.3, -0.25) is 0 Å². The summed E-state index contributed by atoms with van der Waals surface area (Å²) >= 11 is 1.88. The van der Waals surface area contributed by atoms with Crippen LogP contribution in [-0.2, 0) is 19.0 Å². The maximum atomic E-state index is 11.1. The Morgan fingerprint density at radius 2 is 2.00 bits per heavy atom. The van der Waals surface area contributed by atoms with Crippen LogP contribution in [0, 0.1) is 0 Å². The van der Waals surface area contributed by atoms with Gasteiger partial charge >= 0.3 is 5.97 Å². The maximum absolute atomic E-state index is 11.1. The number of hydrogen-bond donors (Lipinski definition) is 0. The Morgan fingerprint density at radius 3 is 2.38 bits per heavy atom. The summed E-state index contributed by atoms with van der Waals surface area (Å²) in [4.78, 5) is 11.1. The van der Waals surface area contributed by atoms with Gasteiger partial charge in [0.05, 0.1) is 10.2 Å². The van der Waals surface area contributed by atoms with E-state index in [1.165, 1.54) is 14.2 Å². The highest BCUT2D eigenvalue weighted by Crippen LogP contribution is 2.10. The van der Waals surface area contributed by atoms with Gasteiger partial charge in [0, 0.05) is 14.2 Å². The third-order valence-corrected chi connectivity index (χ3v) is 2.02. The van der Waals surface area contributed by atoms with Crippen molar-refractivity contribution in [3.63, 3.8) is 0 Å². The van der Waals surface area contributed by atoms with E-state index >= 15 is 0 Å². The Hall–Kier alpha value is -0.140. The lowest BCUT2D eigenvalue weighted by molar-refractivity contribution is -0.137. The molecule has 0 heterocycles. The molecule has 0 atom stereocenters. The van der Waals surface area contributed by atoms with Crippen molar-refractivity contribution in [2.45, 2.75) is 13.2 Å². The first-order chi connectivity index (χ1) is 6.15. The van der Waals surface area contributed by atoms with Crippen LogP contribution in [0.4, 0.5) is 0 Å². The van der Waals surface area contributed by atoms with Crippen molar-refractivity contribution in [3.8, 4) is 0 Å². The first kappa shape index (κ1) is 12.9. The summed E-state index contributed by atoms with van der Waals surface area (Å²) in [6.45, 7) is 2.12. The molecule has 13 heavy (non-hydrogen) atoms. The molecule has 0 bridgehead atoms. The number of esters is 1. The fraction of sp³-hybridized carbons (Fsp3) is 0.625. The fourth-order valence-electron chi connectivity index (χ4n) is 0.620. The highest BCUT2D eigenvalue weighted by atomic mass is 127. The molecule has 0 aromatic heterocycles. The first-order valence-electron chi connectivity index (χ1n) is 3.75. The molecule has 0 saturated heterocycles. The summed E-state index contributed by atoms with van der Waals surface area (Å²) < 4.78 is 15.0. The number of carbonyl (C=O) groups is 1. The minimum Gasteiger partial charge on any atom is -0.462 e. The van der Waals surface area contributed by atoms with Crippen molar-refractivity contribution in [2.75, 3.05) is 20.8 Å². The number of halogens is 1. The second-order valence-electron chi connectivity index (χ2n) is 2.07. The minimum absolute atomic E-state index is 0.359. The van der Waals surface area contributed by atoms with Gasteiger partial charge in [-0.2, -0.15) is 0 Å². The number of methoxy groups -OCH3 is 2. The molecule has 4 nitrogen and oxygen atoms in total. The standard InChI is InChI=1S/C8H13IO4/c1-4-13-8(10)6(9)5-7(11-2)12-3/h5,7H,4H2,1-3H3/b6-5+. The van der Waals surface area contributed by atoms with Crippen LogP contribution in [0.15, 0.2) is 9.66 Å². The van der Waals surface area contributed by atoms with Gasteiger partial charge in [-0.1, -0.05) is 0 Å².